The van der Waals surface area contributed by atoms with Gasteiger partial charge in [-0.2, -0.15) is 15.1 Å². The lowest BCUT2D eigenvalue weighted by Gasteiger charge is -2.20. The summed E-state index contributed by atoms with van der Waals surface area (Å²) in [6.07, 6.45) is 1.62. The van der Waals surface area contributed by atoms with Gasteiger partial charge in [0.15, 0.2) is 17.3 Å². The van der Waals surface area contributed by atoms with Crippen molar-refractivity contribution >= 4 is 39.8 Å². The molecule has 1 amide bonds. The monoisotopic (exact) mass is 478 g/mol. The average Bonchev–Trinajstić information content (AvgIpc) is 3.17. The van der Waals surface area contributed by atoms with Crippen molar-refractivity contribution < 1.29 is 19.0 Å². The predicted octanol–water partition coefficient (Wildman–Crippen LogP) is 4.80. The van der Waals surface area contributed by atoms with E-state index in [1.54, 1.807) is 18.2 Å². The highest BCUT2D eigenvalue weighted by molar-refractivity contribution is 8.26. The van der Waals surface area contributed by atoms with Crippen LogP contribution in [-0.4, -0.2) is 46.8 Å². The highest BCUT2D eigenvalue weighted by atomic mass is 32.2. The molecule has 8 nitrogen and oxygen atoms in total. The highest BCUT2D eigenvalue weighted by Gasteiger charge is 2.34. The quantitative estimate of drug-likeness (QED) is 0.432. The van der Waals surface area contributed by atoms with E-state index < -0.39 is 5.91 Å². The van der Waals surface area contributed by atoms with Crippen LogP contribution in [0.5, 0.6) is 17.2 Å². The van der Waals surface area contributed by atoms with Crippen LogP contribution < -0.4 is 14.2 Å². The minimum Gasteiger partial charge on any atom is -0.490 e. The van der Waals surface area contributed by atoms with Crippen LogP contribution in [0.25, 0.3) is 6.08 Å². The van der Waals surface area contributed by atoms with Crippen LogP contribution in [-0.2, 0) is 4.79 Å². The Morgan fingerprint density at radius 2 is 1.74 bits per heavy atom. The summed E-state index contributed by atoms with van der Waals surface area (Å²) in [5, 5.41) is 15.2. The molecule has 34 heavy (non-hydrogen) atoms. The van der Waals surface area contributed by atoms with Crippen molar-refractivity contribution in [3.63, 3.8) is 0 Å². The van der Waals surface area contributed by atoms with Crippen molar-refractivity contribution in [3.8, 4) is 17.2 Å². The fourth-order valence-electron chi connectivity index (χ4n) is 3.52. The maximum absolute atomic E-state index is 12.5. The Labute approximate surface area is 202 Å². The van der Waals surface area contributed by atoms with Gasteiger partial charge >= 0.3 is 0 Å². The molecular formula is C25H26N4O4S. The summed E-state index contributed by atoms with van der Waals surface area (Å²) >= 11 is 1.28. The van der Waals surface area contributed by atoms with Crippen LogP contribution in [0.4, 0.5) is 0 Å². The van der Waals surface area contributed by atoms with Gasteiger partial charge in [-0.05, 0) is 74.9 Å². The Balaban J connectivity index is 1.46. The van der Waals surface area contributed by atoms with E-state index in [0.29, 0.717) is 42.1 Å². The molecule has 176 valence electrons. The third-order valence-electron chi connectivity index (χ3n) is 5.06. The lowest BCUT2D eigenvalue weighted by molar-refractivity contribution is -0.114. The average molecular weight is 479 g/mol. The largest absolute Gasteiger partial charge is 0.490 e. The van der Waals surface area contributed by atoms with E-state index in [4.69, 9.17) is 19.6 Å². The number of carbonyl (C=O) groups excluding carboxylic acids is 1. The normalized spacial score (nSPS) is 16.4. The maximum Gasteiger partial charge on any atom is 0.283 e. The highest BCUT2D eigenvalue weighted by Crippen LogP contribution is 2.32. The maximum atomic E-state index is 12.5. The molecule has 2 aromatic carbocycles. The minimum atomic E-state index is -0.463. The Hall–Kier alpha value is -3.59. The van der Waals surface area contributed by atoms with E-state index in [9.17, 15) is 4.79 Å². The van der Waals surface area contributed by atoms with Crippen molar-refractivity contribution in [1.29, 1.82) is 5.41 Å². The Morgan fingerprint density at radius 1 is 1.00 bits per heavy atom. The van der Waals surface area contributed by atoms with Gasteiger partial charge in [0, 0.05) is 0 Å². The lowest BCUT2D eigenvalue weighted by atomic mass is 10.1. The number of nitrogens with zero attached hydrogens (tertiary/aromatic N) is 3. The molecule has 0 aliphatic carbocycles. The van der Waals surface area contributed by atoms with Gasteiger partial charge in [-0.1, -0.05) is 23.8 Å². The molecule has 0 saturated heterocycles. The van der Waals surface area contributed by atoms with Gasteiger partial charge in [0.2, 0.25) is 5.17 Å². The van der Waals surface area contributed by atoms with Crippen molar-refractivity contribution in [2.45, 2.75) is 27.7 Å². The molecule has 2 heterocycles. The number of amides is 1. The van der Waals surface area contributed by atoms with Crippen LogP contribution >= 0.6 is 11.8 Å². The number of hydrogen-bond donors (Lipinski definition) is 1. The Kier molecular flexibility index (Phi) is 7.02. The first-order chi connectivity index (χ1) is 16.4. The molecule has 0 fully saturated rings. The lowest BCUT2D eigenvalue weighted by Crippen LogP contribution is -2.35. The SMILES string of the molecule is CCOc1cc(C=C2C(=N)N3N=C(C)SC3=NC2=O)ccc1OCCOc1ccc(C)cc1C. The standard InChI is InChI=1S/C25H26N4O4S/c1-5-31-22-14-18(13-19-23(26)29-25(27-24(19)30)34-17(4)28-29)7-9-21(22)33-11-10-32-20-8-6-15(2)12-16(20)3/h6-9,12-14,26H,5,10-11H2,1-4H3. The second-order valence-corrected chi connectivity index (χ2v) is 8.90. The number of aryl methyl sites for hydroxylation is 2. The molecule has 0 unspecified atom stereocenters. The van der Waals surface area contributed by atoms with E-state index in [1.165, 1.54) is 22.3 Å². The van der Waals surface area contributed by atoms with Crippen LogP contribution in [0.15, 0.2) is 52.1 Å². The zero-order chi connectivity index (χ0) is 24.2. The number of hydrazone groups is 1. The van der Waals surface area contributed by atoms with Crippen molar-refractivity contribution in [3.05, 3.63) is 58.7 Å². The first kappa shape index (κ1) is 23.6. The molecule has 9 heteroatoms. The summed E-state index contributed by atoms with van der Waals surface area (Å²) in [6.45, 7) is 8.96. The fraction of sp³-hybridized carbons (Fsp3) is 0.280. The molecule has 0 bridgehead atoms. The van der Waals surface area contributed by atoms with Crippen molar-refractivity contribution in [1.82, 2.24) is 5.01 Å². The van der Waals surface area contributed by atoms with Gasteiger partial charge in [-0.25, -0.2) is 0 Å². The van der Waals surface area contributed by atoms with Crippen LogP contribution in [0, 0.1) is 19.3 Å². The molecular weight excluding hydrogens is 452 g/mol. The number of nitrogens with one attached hydrogen (secondary N) is 1. The predicted molar refractivity (Wildman–Crippen MR) is 135 cm³/mol. The minimum absolute atomic E-state index is 0.00110. The number of benzene rings is 2. The zero-order valence-electron chi connectivity index (χ0n) is 19.5. The summed E-state index contributed by atoms with van der Waals surface area (Å²) in [5.74, 6) is 1.50. The van der Waals surface area contributed by atoms with Crippen molar-refractivity contribution in [2.75, 3.05) is 19.8 Å². The number of ether oxygens (including phenoxy) is 3. The second-order valence-electron chi connectivity index (χ2n) is 7.74. The van der Waals surface area contributed by atoms with E-state index in [-0.39, 0.29) is 11.4 Å². The van der Waals surface area contributed by atoms with Crippen molar-refractivity contribution in [2.24, 2.45) is 10.1 Å². The van der Waals surface area contributed by atoms with Crippen LogP contribution in [0.1, 0.15) is 30.5 Å². The summed E-state index contributed by atoms with van der Waals surface area (Å²) in [4.78, 5) is 16.6. The summed E-state index contributed by atoms with van der Waals surface area (Å²) < 4.78 is 17.5. The molecule has 0 saturated carbocycles. The summed E-state index contributed by atoms with van der Waals surface area (Å²) in [7, 11) is 0. The third kappa shape index (κ3) is 5.14. The Morgan fingerprint density at radius 3 is 2.47 bits per heavy atom. The third-order valence-corrected chi connectivity index (χ3v) is 5.89. The Bertz CT molecular complexity index is 1240. The van der Waals surface area contributed by atoms with Crippen LogP contribution in [0.2, 0.25) is 0 Å². The molecule has 0 atom stereocenters. The molecule has 0 spiro atoms. The molecule has 1 N–H and O–H groups in total. The van der Waals surface area contributed by atoms with Gasteiger partial charge in [0.1, 0.15) is 19.0 Å². The molecule has 0 radical (unpaired) electrons. The topological polar surface area (TPSA) is 96.6 Å². The van der Waals surface area contributed by atoms with Gasteiger partial charge in [-0.3, -0.25) is 10.2 Å². The summed E-state index contributed by atoms with van der Waals surface area (Å²) in [5.41, 5.74) is 3.14. The fourth-order valence-corrected chi connectivity index (χ4v) is 4.25. The number of aliphatic imine (C=N–C) groups is 1. The smallest absolute Gasteiger partial charge is 0.283 e. The first-order valence-corrected chi connectivity index (χ1v) is 11.7. The molecule has 2 aromatic rings. The zero-order valence-corrected chi connectivity index (χ0v) is 20.4. The first-order valence-electron chi connectivity index (χ1n) is 10.9. The van der Waals surface area contributed by atoms with E-state index in [0.717, 1.165) is 16.4 Å². The molecule has 0 aromatic heterocycles. The van der Waals surface area contributed by atoms with E-state index in [2.05, 4.69) is 16.2 Å². The van der Waals surface area contributed by atoms with E-state index >= 15 is 0 Å². The van der Waals surface area contributed by atoms with Gasteiger partial charge in [0.25, 0.3) is 5.91 Å². The number of fused-ring (bicyclic) bond motifs is 1. The second kappa shape index (κ2) is 10.1. The molecule has 2 aliphatic rings. The molecule has 2 aliphatic heterocycles. The van der Waals surface area contributed by atoms with Gasteiger partial charge < -0.3 is 14.2 Å². The summed E-state index contributed by atoms with van der Waals surface area (Å²) in [6, 6.07) is 11.4. The number of carbonyl (C=O) groups is 1. The van der Waals surface area contributed by atoms with E-state index in [1.807, 2.05) is 45.9 Å². The number of thioether (sulfide) groups is 1. The number of rotatable bonds is 8. The van der Waals surface area contributed by atoms with Gasteiger partial charge in [-0.15, -0.1) is 0 Å². The van der Waals surface area contributed by atoms with Crippen LogP contribution in [0.3, 0.4) is 0 Å². The van der Waals surface area contributed by atoms with Gasteiger partial charge in [0.05, 0.1) is 17.2 Å². The number of amidine groups is 2. The number of hydrogen-bond acceptors (Lipinski definition) is 7. The molecule has 4 rings (SSSR count).